The summed E-state index contributed by atoms with van der Waals surface area (Å²) in [7, 11) is 4.34. The molecule has 0 fully saturated rings. The summed E-state index contributed by atoms with van der Waals surface area (Å²) in [5, 5.41) is 12.1. The molecule has 7 nitrogen and oxygen atoms in total. The van der Waals surface area contributed by atoms with Gasteiger partial charge in [-0.1, -0.05) is 18.2 Å². The first kappa shape index (κ1) is 20.1. The molecule has 1 atom stereocenters. The average molecular weight is 373 g/mol. The first-order chi connectivity index (χ1) is 12.8. The molecule has 0 saturated carbocycles. The number of hydrogen-bond acceptors (Lipinski definition) is 5. The van der Waals surface area contributed by atoms with Crippen LogP contribution in [0.15, 0.2) is 30.3 Å². The van der Waals surface area contributed by atoms with Crippen molar-refractivity contribution < 1.29 is 28.9 Å². The third-order valence-electron chi connectivity index (χ3n) is 4.31. The smallest absolute Gasteiger partial charge is 0.330 e. The summed E-state index contributed by atoms with van der Waals surface area (Å²) in [6, 6.07) is 7.02. The normalized spacial score (nSPS) is 11.4. The fourth-order valence-corrected chi connectivity index (χ4v) is 2.66. The maximum absolute atomic E-state index is 12.7. The average Bonchev–Trinajstić information content (AvgIpc) is 2.66. The minimum atomic E-state index is -1.18. The molecule has 2 rings (SSSR count). The van der Waals surface area contributed by atoms with E-state index in [1.807, 2.05) is 19.9 Å². The summed E-state index contributed by atoms with van der Waals surface area (Å²) in [6.45, 7) is 3.82. The van der Waals surface area contributed by atoms with Crippen LogP contribution in [0.5, 0.6) is 17.2 Å². The molecular weight excluding hydrogens is 350 g/mol. The van der Waals surface area contributed by atoms with E-state index >= 15 is 0 Å². The summed E-state index contributed by atoms with van der Waals surface area (Å²) in [5.41, 5.74) is 2.67. The highest BCUT2D eigenvalue weighted by Gasteiger charge is 2.25. The van der Waals surface area contributed by atoms with Crippen LogP contribution in [-0.4, -0.2) is 38.3 Å². The first-order valence-electron chi connectivity index (χ1n) is 8.23. The van der Waals surface area contributed by atoms with Gasteiger partial charge in [0, 0.05) is 5.56 Å². The van der Waals surface area contributed by atoms with Crippen molar-refractivity contribution in [3.8, 4) is 17.2 Å². The Hall–Kier alpha value is -3.22. The van der Waals surface area contributed by atoms with Crippen molar-refractivity contribution in [3.05, 3.63) is 52.6 Å². The molecule has 0 saturated heterocycles. The predicted octanol–water partition coefficient (Wildman–Crippen LogP) is 2.88. The topological polar surface area (TPSA) is 94.1 Å². The summed E-state index contributed by atoms with van der Waals surface area (Å²) in [5.74, 6) is -0.764. The lowest BCUT2D eigenvalue weighted by molar-refractivity contribution is -0.139. The van der Waals surface area contributed by atoms with Crippen molar-refractivity contribution in [2.45, 2.75) is 19.9 Å². The van der Waals surface area contributed by atoms with Crippen molar-refractivity contribution in [2.75, 3.05) is 21.3 Å². The van der Waals surface area contributed by atoms with Gasteiger partial charge in [-0.2, -0.15) is 0 Å². The lowest BCUT2D eigenvalue weighted by atomic mass is 10.0. The molecule has 2 aromatic rings. The molecule has 0 aliphatic rings. The molecule has 0 aliphatic heterocycles. The van der Waals surface area contributed by atoms with Gasteiger partial charge in [-0.15, -0.1) is 0 Å². The fraction of sp³-hybridized carbons (Fsp3) is 0.300. The standard InChI is InChI=1S/C20H23NO6/c1-11-6-7-13(8-12(11)2)17(20(23)24)21-19(22)14-9-15(25-3)18(27-5)16(10-14)26-4/h6-10,17H,1-5H3,(H,21,22)(H,23,24). The van der Waals surface area contributed by atoms with E-state index < -0.39 is 17.9 Å². The lowest BCUT2D eigenvalue weighted by Crippen LogP contribution is -2.33. The van der Waals surface area contributed by atoms with E-state index in [4.69, 9.17) is 14.2 Å². The molecule has 2 aromatic carbocycles. The van der Waals surface area contributed by atoms with Gasteiger partial charge >= 0.3 is 5.97 Å². The van der Waals surface area contributed by atoms with Gasteiger partial charge in [0.25, 0.3) is 5.91 Å². The zero-order valence-electron chi connectivity index (χ0n) is 16.0. The highest BCUT2D eigenvalue weighted by atomic mass is 16.5. The molecule has 0 aromatic heterocycles. The van der Waals surface area contributed by atoms with Crippen molar-refractivity contribution in [3.63, 3.8) is 0 Å². The van der Waals surface area contributed by atoms with Gasteiger partial charge in [-0.25, -0.2) is 4.79 Å². The molecule has 0 spiro atoms. The van der Waals surface area contributed by atoms with Gasteiger partial charge < -0.3 is 24.6 Å². The van der Waals surface area contributed by atoms with E-state index in [0.29, 0.717) is 22.8 Å². The molecule has 0 heterocycles. The summed E-state index contributed by atoms with van der Waals surface area (Å²) >= 11 is 0. The van der Waals surface area contributed by atoms with Crippen molar-refractivity contribution in [1.29, 1.82) is 0 Å². The van der Waals surface area contributed by atoms with Crippen LogP contribution in [0.4, 0.5) is 0 Å². The number of hydrogen-bond donors (Lipinski definition) is 2. The van der Waals surface area contributed by atoms with E-state index in [2.05, 4.69) is 5.32 Å². The zero-order chi connectivity index (χ0) is 20.1. The molecule has 1 amide bonds. The van der Waals surface area contributed by atoms with E-state index in [-0.39, 0.29) is 5.56 Å². The SMILES string of the molecule is COc1cc(C(=O)NC(C(=O)O)c2ccc(C)c(C)c2)cc(OC)c1OC. The minimum Gasteiger partial charge on any atom is -0.493 e. The maximum atomic E-state index is 12.7. The quantitative estimate of drug-likeness (QED) is 0.775. The third-order valence-corrected chi connectivity index (χ3v) is 4.31. The second-order valence-corrected chi connectivity index (χ2v) is 6.00. The minimum absolute atomic E-state index is 0.194. The van der Waals surface area contributed by atoms with Crippen LogP contribution in [0.3, 0.4) is 0 Å². The number of carbonyl (C=O) groups is 2. The number of carboxylic acids is 1. The van der Waals surface area contributed by atoms with Gasteiger partial charge in [-0.05, 0) is 42.7 Å². The number of carbonyl (C=O) groups excluding carboxylic acids is 1. The summed E-state index contributed by atoms with van der Waals surface area (Å²) in [4.78, 5) is 24.4. The van der Waals surface area contributed by atoms with E-state index in [9.17, 15) is 14.7 Å². The molecule has 1 unspecified atom stereocenters. The first-order valence-corrected chi connectivity index (χ1v) is 8.23. The Morgan fingerprint density at radius 3 is 1.96 bits per heavy atom. The fourth-order valence-electron chi connectivity index (χ4n) is 2.66. The van der Waals surface area contributed by atoms with Crippen LogP contribution in [0.1, 0.15) is 33.1 Å². The second-order valence-electron chi connectivity index (χ2n) is 6.00. The Morgan fingerprint density at radius 2 is 1.52 bits per heavy atom. The Kier molecular flexibility index (Phi) is 6.28. The van der Waals surface area contributed by atoms with Crippen LogP contribution in [0.25, 0.3) is 0 Å². The third kappa shape index (κ3) is 4.31. The second kappa shape index (κ2) is 8.44. The number of aryl methyl sites for hydroxylation is 2. The molecular formula is C20H23NO6. The number of amides is 1. The maximum Gasteiger partial charge on any atom is 0.330 e. The Labute approximate surface area is 157 Å². The van der Waals surface area contributed by atoms with Gasteiger partial charge in [0.15, 0.2) is 17.5 Å². The van der Waals surface area contributed by atoms with E-state index in [0.717, 1.165) is 11.1 Å². The van der Waals surface area contributed by atoms with Crippen molar-refractivity contribution in [2.24, 2.45) is 0 Å². The lowest BCUT2D eigenvalue weighted by Gasteiger charge is -2.18. The van der Waals surface area contributed by atoms with Gasteiger partial charge in [0.1, 0.15) is 0 Å². The zero-order valence-corrected chi connectivity index (χ0v) is 16.0. The number of benzene rings is 2. The molecule has 27 heavy (non-hydrogen) atoms. The number of carboxylic acid groups (broad SMARTS) is 1. The number of methoxy groups -OCH3 is 3. The van der Waals surface area contributed by atoms with Crippen LogP contribution < -0.4 is 19.5 Å². The molecule has 0 bridgehead atoms. The van der Waals surface area contributed by atoms with Crippen LogP contribution in [0.2, 0.25) is 0 Å². The van der Waals surface area contributed by atoms with Crippen LogP contribution in [0, 0.1) is 13.8 Å². The van der Waals surface area contributed by atoms with Gasteiger partial charge in [0.2, 0.25) is 5.75 Å². The monoisotopic (exact) mass is 373 g/mol. The highest BCUT2D eigenvalue weighted by molar-refractivity contribution is 5.98. The Bertz CT molecular complexity index is 837. The van der Waals surface area contributed by atoms with E-state index in [1.165, 1.54) is 33.5 Å². The Morgan fingerprint density at radius 1 is 0.926 bits per heavy atom. The predicted molar refractivity (Wildman–Crippen MR) is 99.9 cm³/mol. The van der Waals surface area contributed by atoms with Crippen LogP contribution in [-0.2, 0) is 4.79 Å². The number of aliphatic carboxylic acids is 1. The van der Waals surface area contributed by atoms with Gasteiger partial charge in [0.05, 0.1) is 21.3 Å². The van der Waals surface area contributed by atoms with Crippen molar-refractivity contribution >= 4 is 11.9 Å². The number of ether oxygens (including phenoxy) is 3. The summed E-state index contributed by atoms with van der Waals surface area (Å²) in [6.07, 6.45) is 0. The molecule has 144 valence electrons. The largest absolute Gasteiger partial charge is 0.493 e. The summed E-state index contributed by atoms with van der Waals surface area (Å²) < 4.78 is 15.7. The van der Waals surface area contributed by atoms with Crippen molar-refractivity contribution in [1.82, 2.24) is 5.32 Å². The molecule has 0 radical (unpaired) electrons. The molecule has 2 N–H and O–H groups in total. The van der Waals surface area contributed by atoms with Gasteiger partial charge in [-0.3, -0.25) is 4.79 Å². The highest BCUT2D eigenvalue weighted by Crippen LogP contribution is 2.38. The number of rotatable bonds is 7. The Balaban J connectivity index is 2.38. The van der Waals surface area contributed by atoms with E-state index in [1.54, 1.807) is 12.1 Å². The molecule has 0 aliphatic carbocycles. The number of nitrogens with one attached hydrogen (secondary N) is 1. The van der Waals surface area contributed by atoms with Crippen LogP contribution >= 0.6 is 0 Å². The molecule has 7 heteroatoms.